The van der Waals surface area contributed by atoms with Gasteiger partial charge in [-0.25, -0.2) is 4.98 Å². The van der Waals surface area contributed by atoms with Crippen molar-refractivity contribution in [3.05, 3.63) is 51.7 Å². The Morgan fingerprint density at radius 1 is 1.25 bits per heavy atom. The first-order valence-electron chi connectivity index (χ1n) is 10.4. The van der Waals surface area contributed by atoms with E-state index in [9.17, 15) is 4.79 Å². The molecule has 4 heterocycles. The topological polar surface area (TPSA) is 113 Å². The molecule has 10 heteroatoms. The van der Waals surface area contributed by atoms with Crippen LogP contribution in [0, 0.1) is 0 Å². The molecule has 2 N–H and O–H groups in total. The maximum absolute atomic E-state index is 13.6. The number of nitrogens with two attached hydrogens (primary N) is 1. The summed E-state index contributed by atoms with van der Waals surface area (Å²) in [7, 11) is 0. The lowest BCUT2D eigenvalue weighted by atomic mass is 10.0. The van der Waals surface area contributed by atoms with Gasteiger partial charge in [-0.15, -0.1) is 10.2 Å². The average Bonchev–Trinajstić information content (AvgIpc) is 3.30. The molecule has 2 aliphatic rings. The number of fused-ring (bicyclic) bond motifs is 3. The highest BCUT2D eigenvalue weighted by atomic mass is 35.5. The zero-order valence-electron chi connectivity index (χ0n) is 17.5. The van der Waals surface area contributed by atoms with Crippen LogP contribution in [0.4, 0.5) is 5.82 Å². The third-order valence-corrected chi connectivity index (χ3v) is 6.04. The fourth-order valence-corrected chi connectivity index (χ4v) is 4.37. The van der Waals surface area contributed by atoms with E-state index in [1.165, 1.54) is 0 Å². The van der Waals surface area contributed by atoms with E-state index in [0.29, 0.717) is 73.1 Å². The first kappa shape index (κ1) is 20.9. The number of amides is 1. The maximum atomic E-state index is 13.6. The summed E-state index contributed by atoms with van der Waals surface area (Å²) in [4.78, 5) is 19.8. The van der Waals surface area contributed by atoms with Gasteiger partial charge in [0.2, 0.25) is 5.88 Å². The van der Waals surface area contributed by atoms with Crippen LogP contribution in [0.1, 0.15) is 40.1 Å². The molecular weight excluding hydrogens is 434 g/mol. The Labute approximate surface area is 189 Å². The summed E-state index contributed by atoms with van der Waals surface area (Å²) >= 11 is 6.53. The number of aromatic nitrogens is 3. The molecule has 1 saturated heterocycles. The highest BCUT2D eigenvalue weighted by Crippen LogP contribution is 2.35. The molecule has 1 aromatic carbocycles. The van der Waals surface area contributed by atoms with Gasteiger partial charge in [0.1, 0.15) is 5.82 Å². The first-order valence-corrected chi connectivity index (χ1v) is 10.8. The molecule has 1 atom stereocenters. The minimum Gasteiger partial charge on any atom is -0.477 e. The second kappa shape index (κ2) is 8.50. The summed E-state index contributed by atoms with van der Waals surface area (Å²) in [6, 6.07) is 6.63. The van der Waals surface area contributed by atoms with Crippen molar-refractivity contribution in [2.45, 2.75) is 26.2 Å². The lowest BCUT2D eigenvalue weighted by Gasteiger charge is -2.35. The Hall–Kier alpha value is -3.01. The summed E-state index contributed by atoms with van der Waals surface area (Å²) in [5, 5.41) is 9.48. The van der Waals surface area contributed by atoms with Crippen LogP contribution in [0.15, 0.2) is 24.3 Å². The van der Waals surface area contributed by atoms with Crippen molar-refractivity contribution >= 4 is 34.2 Å². The smallest absolute Gasteiger partial charge is 0.256 e. The second-order valence-corrected chi connectivity index (χ2v) is 8.02. The van der Waals surface area contributed by atoms with E-state index >= 15 is 0 Å². The van der Waals surface area contributed by atoms with Gasteiger partial charge in [0.05, 0.1) is 60.9 Å². The van der Waals surface area contributed by atoms with Crippen LogP contribution in [-0.4, -0.2) is 52.4 Å². The summed E-state index contributed by atoms with van der Waals surface area (Å²) < 4.78 is 16.6. The zero-order valence-corrected chi connectivity index (χ0v) is 18.3. The molecule has 0 radical (unpaired) electrons. The van der Waals surface area contributed by atoms with Crippen LogP contribution >= 0.6 is 11.6 Å². The molecule has 1 fully saturated rings. The monoisotopic (exact) mass is 455 g/mol. The van der Waals surface area contributed by atoms with E-state index in [4.69, 9.17) is 31.5 Å². The molecule has 0 bridgehead atoms. The molecular formula is C22H22ClN5O4. The molecule has 9 nitrogen and oxygen atoms in total. The number of benzene rings is 1. The molecule has 1 amide bonds. The number of anilines is 1. The normalized spacial score (nSPS) is 18.1. The predicted octanol–water partition coefficient (Wildman–Crippen LogP) is 2.90. The number of nitrogen functional groups attached to an aromatic ring is 1. The Morgan fingerprint density at radius 2 is 2.09 bits per heavy atom. The van der Waals surface area contributed by atoms with Gasteiger partial charge in [0.25, 0.3) is 5.91 Å². The van der Waals surface area contributed by atoms with Gasteiger partial charge in [-0.3, -0.25) is 4.79 Å². The van der Waals surface area contributed by atoms with Crippen molar-refractivity contribution in [3.8, 4) is 5.88 Å². The van der Waals surface area contributed by atoms with Crippen molar-refractivity contribution in [1.29, 1.82) is 0 Å². The number of rotatable bonds is 4. The number of morpholine rings is 1. The number of carbonyl (C=O) groups excluding carboxylic acids is 1. The third-order valence-electron chi connectivity index (χ3n) is 5.73. The second-order valence-electron chi connectivity index (χ2n) is 7.61. The molecule has 32 heavy (non-hydrogen) atoms. The molecule has 0 aliphatic carbocycles. The van der Waals surface area contributed by atoms with Gasteiger partial charge in [-0.1, -0.05) is 11.6 Å². The van der Waals surface area contributed by atoms with Crippen LogP contribution < -0.4 is 10.5 Å². The van der Waals surface area contributed by atoms with Gasteiger partial charge >= 0.3 is 0 Å². The van der Waals surface area contributed by atoms with Gasteiger partial charge in [0.15, 0.2) is 0 Å². The quantitative estimate of drug-likeness (QED) is 0.639. The molecule has 0 spiro atoms. The number of nitrogens with zero attached hydrogens (tertiary/aromatic N) is 4. The fraction of sp³-hybridized carbons (Fsp3) is 0.364. The van der Waals surface area contributed by atoms with Crippen LogP contribution in [-0.2, 0) is 22.7 Å². The number of carbonyl (C=O) groups is 1. The Balaban J connectivity index is 1.51. The van der Waals surface area contributed by atoms with Crippen LogP contribution in [0.5, 0.6) is 5.88 Å². The predicted molar refractivity (Wildman–Crippen MR) is 117 cm³/mol. The minimum atomic E-state index is -0.384. The van der Waals surface area contributed by atoms with Crippen molar-refractivity contribution in [2.75, 3.05) is 32.1 Å². The minimum absolute atomic E-state index is 0.203. The van der Waals surface area contributed by atoms with Crippen molar-refractivity contribution in [2.24, 2.45) is 0 Å². The zero-order chi connectivity index (χ0) is 22.2. The molecule has 3 aromatic rings. The lowest BCUT2D eigenvalue weighted by Crippen LogP contribution is -2.43. The Bertz CT molecular complexity index is 1190. The SMILES string of the molecule is CCOc1ccc([C@H]2COCCN2C(=O)c2cc3c4c(c(N)nc3cc2Cl)COC4)nn1. The van der Waals surface area contributed by atoms with E-state index in [1.54, 1.807) is 29.2 Å². The van der Waals surface area contributed by atoms with Crippen molar-refractivity contribution in [3.63, 3.8) is 0 Å². The van der Waals surface area contributed by atoms with E-state index in [0.717, 1.165) is 16.5 Å². The standard InChI is InChI=1S/C22H22ClN5O4/c1-2-32-20-4-3-17(26-27-20)19-11-30-6-5-28(19)22(29)13-7-12-14-9-31-10-15(14)21(24)25-18(12)8-16(13)23/h3-4,7-8,19H,2,5-6,9-11H2,1H3,(H2,24,25)/t19-/m1/s1. The van der Waals surface area contributed by atoms with Crippen LogP contribution in [0.3, 0.4) is 0 Å². The fourth-order valence-electron chi connectivity index (χ4n) is 4.14. The molecule has 0 unspecified atom stereocenters. The summed E-state index contributed by atoms with van der Waals surface area (Å²) in [5.74, 6) is 0.666. The van der Waals surface area contributed by atoms with Gasteiger partial charge in [-0.05, 0) is 30.7 Å². The van der Waals surface area contributed by atoms with Crippen LogP contribution in [0.25, 0.3) is 10.9 Å². The highest BCUT2D eigenvalue weighted by molar-refractivity contribution is 6.34. The Morgan fingerprint density at radius 3 is 2.88 bits per heavy atom. The Kier molecular flexibility index (Phi) is 5.54. The van der Waals surface area contributed by atoms with Gasteiger partial charge in [-0.2, -0.15) is 0 Å². The van der Waals surface area contributed by atoms with Gasteiger partial charge in [0, 0.05) is 23.6 Å². The lowest BCUT2D eigenvalue weighted by molar-refractivity contribution is -0.00417. The number of hydrogen-bond acceptors (Lipinski definition) is 8. The van der Waals surface area contributed by atoms with Gasteiger partial charge < -0.3 is 24.8 Å². The summed E-state index contributed by atoms with van der Waals surface area (Å²) in [6.45, 7) is 4.38. The number of halogens is 1. The van der Waals surface area contributed by atoms with Crippen molar-refractivity contribution in [1.82, 2.24) is 20.1 Å². The number of ether oxygens (including phenoxy) is 3. The van der Waals surface area contributed by atoms with E-state index < -0.39 is 0 Å². The molecule has 0 saturated carbocycles. The molecule has 2 aliphatic heterocycles. The number of pyridine rings is 1. The third kappa shape index (κ3) is 3.62. The molecule has 166 valence electrons. The average molecular weight is 456 g/mol. The molecule has 5 rings (SSSR count). The molecule has 2 aromatic heterocycles. The van der Waals surface area contributed by atoms with E-state index in [1.807, 2.05) is 6.92 Å². The first-order chi connectivity index (χ1) is 15.6. The largest absolute Gasteiger partial charge is 0.477 e. The highest BCUT2D eigenvalue weighted by Gasteiger charge is 2.32. The van der Waals surface area contributed by atoms with Crippen LogP contribution in [0.2, 0.25) is 5.02 Å². The van der Waals surface area contributed by atoms with E-state index in [2.05, 4.69) is 15.2 Å². The summed E-state index contributed by atoms with van der Waals surface area (Å²) in [6.07, 6.45) is 0. The number of hydrogen-bond donors (Lipinski definition) is 1. The summed E-state index contributed by atoms with van der Waals surface area (Å²) in [5.41, 5.74) is 9.55. The van der Waals surface area contributed by atoms with Crippen molar-refractivity contribution < 1.29 is 19.0 Å². The maximum Gasteiger partial charge on any atom is 0.256 e. The van der Waals surface area contributed by atoms with E-state index in [-0.39, 0.29) is 11.9 Å².